The molecule has 0 aliphatic carbocycles. The number of alkyl halides is 1. The molecule has 1 heterocycles. The molecule has 1 aromatic carbocycles. The molecule has 1 aliphatic rings. The van der Waals surface area contributed by atoms with Crippen molar-refractivity contribution in [3.63, 3.8) is 0 Å². The zero-order valence-corrected chi connectivity index (χ0v) is 12.5. The van der Waals surface area contributed by atoms with Gasteiger partial charge < -0.3 is 0 Å². The standard InChI is InChI=1S/C14H14BrNO3/c1-14(2,3)10(17)11(15)16-12(18)8-6-4-5-7-9(8)13(16)19/h4-7,11H,1-3H3. The summed E-state index contributed by atoms with van der Waals surface area (Å²) in [5.41, 5.74) is 0.0565. The summed E-state index contributed by atoms with van der Waals surface area (Å²) >= 11 is 3.18. The fourth-order valence-corrected chi connectivity index (χ4v) is 2.95. The van der Waals surface area contributed by atoms with Crippen LogP contribution in [0.2, 0.25) is 0 Å². The fourth-order valence-electron chi connectivity index (χ4n) is 1.89. The van der Waals surface area contributed by atoms with E-state index in [0.29, 0.717) is 11.1 Å². The highest BCUT2D eigenvalue weighted by molar-refractivity contribution is 9.10. The van der Waals surface area contributed by atoms with Crippen molar-refractivity contribution in [3.05, 3.63) is 35.4 Å². The molecule has 0 radical (unpaired) electrons. The van der Waals surface area contributed by atoms with Gasteiger partial charge >= 0.3 is 0 Å². The maximum absolute atomic E-state index is 12.2. The molecule has 0 bridgehead atoms. The number of amides is 2. The van der Waals surface area contributed by atoms with Crippen molar-refractivity contribution in [2.24, 2.45) is 5.41 Å². The first-order valence-electron chi connectivity index (χ1n) is 5.90. The Morgan fingerprint density at radius 3 is 1.89 bits per heavy atom. The van der Waals surface area contributed by atoms with E-state index in [2.05, 4.69) is 15.9 Å². The van der Waals surface area contributed by atoms with E-state index in [1.165, 1.54) is 0 Å². The van der Waals surface area contributed by atoms with Crippen LogP contribution in [0.5, 0.6) is 0 Å². The van der Waals surface area contributed by atoms with Gasteiger partial charge in [0.05, 0.1) is 11.1 Å². The number of benzene rings is 1. The lowest BCUT2D eigenvalue weighted by molar-refractivity contribution is -0.127. The maximum Gasteiger partial charge on any atom is 0.262 e. The summed E-state index contributed by atoms with van der Waals surface area (Å²) < 4.78 is 0. The van der Waals surface area contributed by atoms with Crippen LogP contribution >= 0.6 is 15.9 Å². The number of Topliss-reactive ketones (excluding diaryl/α,β-unsaturated/α-hetero) is 1. The molecule has 5 heteroatoms. The van der Waals surface area contributed by atoms with Gasteiger partial charge in [-0.2, -0.15) is 0 Å². The van der Waals surface area contributed by atoms with Gasteiger partial charge in [0.2, 0.25) is 0 Å². The summed E-state index contributed by atoms with van der Waals surface area (Å²) in [7, 11) is 0. The minimum atomic E-state index is -0.931. The Bertz CT molecular complexity index is 539. The first kappa shape index (κ1) is 13.9. The lowest BCUT2D eigenvalue weighted by Gasteiger charge is -2.26. The number of carbonyl (C=O) groups is 3. The molecule has 1 aromatic rings. The Morgan fingerprint density at radius 2 is 1.53 bits per heavy atom. The minimum Gasteiger partial charge on any atom is -0.296 e. The summed E-state index contributed by atoms with van der Waals surface area (Å²) in [6.45, 7) is 5.26. The maximum atomic E-state index is 12.2. The zero-order valence-electron chi connectivity index (χ0n) is 10.9. The van der Waals surface area contributed by atoms with Crippen LogP contribution in [0.4, 0.5) is 0 Å². The molecule has 0 saturated carbocycles. The van der Waals surface area contributed by atoms with E-state index in [1.54, 1.807) is 45.0 Å². The molecule has 1 atom stereocenters. The van der Waals surface area contributed by atoms with Crippen LogP contribution in [-0.4, -0.2) is 27.4 Å². The van der Waals surface area contributed by atoms with Crippen molar-refractivity contribution in [2.45, 2.75) is 25.7 Å². The van der Waals surface area contributed by atoms with Gasteiger partial charge in [0.25, 0.3) is 11.8 Å². The number of ketones is 1. The second kappa shape index (κ2) is 4.56. The summed E-state index contributed by atoms with van der Waals surface area (Å²) in [6.07, 6.45) is 0. The summed E-state index contributed by atoms with van der Waals surface area (Å²) in [6, 6.07) is 6.58. The van der Waals surface area contributed by atoms with Gasteiger partial charge in [0.1, 0.15) is 0 Å². The van der Waals surface area contributed by atoms with Gasteiger partial charge in [-0.05, 0) is 12.1 Å². The summed E-state index contributed by atoms with van der Waals surface area (Å²) in [4.78, 5) is 36.7. The number of nitrogens with zero attached hydrogens (tertiary/aromatic N) is 1. The van der Waals surface area contributed by atoms with Crippen molar-refractivity contribution < 1.29 is 14.4 Å². The second-order valence-electron chi connectivity index (χ2n) is 5.48. The van der Waals surface area contributed by atoms with Crippen molar-refractivity contribution in [1.82, 2.24) is 4.90 Å². The number of imide groups is 1. The van der Waals surface area contributed by atoms with Gasteiger partial charge in [-0.1, -0.05) is 48.8 Å². The van der Waals surface area contributed by atoms with E-state index >= 15 is 0 Å². The van der Waals surface area contributed by atoms with Crippen LogP contribution in [-0.2, 0) is 4.79 Å². The number of hydrogen-bond donors (Lipinski definition) is 0. The Hall–Kier alpha value is -1.49. The van der Waals surface area contributed by atoms with Gasteiger partial charge in [-0.25, -0.2) is 0 Å². The van der Waals surface area contributed by atoms with Crippen LogP contribution in [0.15, 0.2) is 24.3 Å². The number of hydrogen-bond acceptors (Lipinski definition) is 3. The van der Waals surface area contributed by atoms with Gasteiger partial charge in [-0.15, -0.1) is 0 Å². The quantitative estimate of drug-likeness (QED) is 0.477. The SMILES string of the molecule is CC(C)(C)C(=O)C(Br)N1C(=O)c2ccccc2C1=O. The van der Waals surface area contributed by atoms with Gasteiger partial charge in [0.15, 0.2) is 10.7 Å². The molecule has 1 aliphatic heterocycles. The average molecular weight is 324 g/mol. The Labute approximate surface area is 119 Å². The predicted molar refractivity (Wildman–Crippen MR) is 74.1 cm³/mol. The Morgan fingerprint density at radius 1 is 1.11 bits per heavy atom. The van der Waals surface area contributed by atoms with Crippen LogP contribution in [0.25, 0.3) is 0 Å². The van der Waals surface area contributed by atoms with Gasteiger partial charge in [0, 0.05) is 5.41 Å². The number of fused-ring (bicyclic) bond motifs is 1. The first-order valence-corrected chi connectivity index (χ1v) is 6.82. The number of halogens is 1. The molecular weight excluding hydrogens is 310 g/mol. The molecule has 0 spiro atoms. The lowest BCUT2D eigenvalue weighted by Crippen LogP contribution is -2.45. The average Bonchev–Trinajstić information content (AvgIpc) is 2.60. The molecule has 1 unspecified atom stereocenters. The van der Waals surface area contributed by atoms with E-state index in [9.17, 15) is 14.4 Å². The smallest absolute Gasteiger partial charge is 0.262 e. The molecular formula is C14H14BrNO3. The van der Waals surface area contributed by atoms with Crippen molar-refractivity contribution in [1.29, 1.82) is 0 Å². The number of carbonyl (C=O) groups excluding carboxylic acids is 3. The van der Waals surface area contributed by atoms with Crippen LogP contribution < -0.4 is 0 Å². The van der Waals surface area contributed by atoms with Gasteiger partial charge in [-0.3, -0.25) is 19.3 Å². The van der Waals surface area contributed by atoms with Crippen LogP contribution in [0.3, 0.4) is 0 Å². The molecule has 100 valence electrons. The summed E-state index contributed by atoms with van der Waals surface area (Å²) in [5, 5.41) is 0. The van der Waals surface area contributed by atoms with Crippen LogP contribution in [0, 0.1) is 5.41 Å². The molecule has 2 rings (SSSR count). The molecule has 0 fully saturated rings. The molecule has 19 heavy (non-hydrogen) atoms. The molecule has 0 aromatic heterocycles. The van der Waals surface area contributed by atoms with E-state index in [1.807, 2.05) is 0 Å². The Balaban J connectivity index is 2.38. The molecule has 0 saturated heterocycles. The third-order valence-electron chi connectivity index (χ3n) is 3.01. The van der Waals surface area contributed by atoms with E-state index in [4.69, 9.17) is 0 Å². The largest absolute Gasteiger partial charge is 0.296 e. The van der Waals surface area contributed by atoms with Crippen molar-refractivity contribution in [2.75, 3.05) is 0 Å². The van der Waals surface area contributed by atoms with Crippen molar-refractivity contribution in [3.8, 4) is 0 Å². The highest BCUT2D eigenvalue weighted by Gasteiger charge is 2.43. The molecule has 2 amide bonds. The van der Waals surface area contributed by atoms with E-state index < -0.39 is 22.2 Å². The topological polar surface area (TPSA) is 54.5 Å². The highest BCUT2D eigenvalue weighted by atomic mass is 79.9. The van der Waals surface area contributed by atoms with E-state index in [-0.39, 0.29) is 5.78 Å². The van der Waals surface area contributed by atoms with E-state index in [0.717, 1.165) is 4.90 Å². The zero-order chi connectivity index (χ0) is 14.4. The van der Waals surface area contributed by atoms with Crippen molar-refractivity contribution >= 4 is 33.5 Å². The third kappa shape index (κ3) is 2.23. The fraction of sp³-hybridized carbons (Fsp3) is 0.357. The van der Waals surface area contributed by atoms with Crippen LogP contribution in [0.1, 0.15) is 41.5 Å². The highest BCUT2D eigenvalue weighted by Crippen LogP contribution is 2.30. The summed E-state index contributed by atoms with van der Waals surface area (Å²) in [5.74, 6) is -1.07. The lowest BCUT2D eigenvalue weighted by atomic mass is 9.90. The monoisotopic (exact) mass is 323 g/mol. The molecule has 0 N–H and O–H groups in total. The normalized spacial score (nSPS) is 16.5. The number of rotatable bonds is 2. The second-order valence-corrected chi connectivity index (χ2v) is 6.34. The third-order valence-corrected chi connectivity index (χ3v) is 3.83. The predicted octanol–water partition coefficient (Wildman–Crippen LogP) is 2.62. The molecule has 4 nitrogen and oxygen atoms in total. The Kier molecular flexibility index (Phi) is 3.34. The first-order chi connectivity index (χ1) is 8.75. The minimum absolute atomic E-state index is 0.206.